The van der Waals surface area contributed by atoms with Crippen LogP contribution in [-0.4, -0.2) is 38.5 Å². The summed E-state index contributed by atoms with van der Waals surface area (Å²) in [7, 11) is -1.94. The van der Waals surface area contributed by atoms with Crippen molar-refractivity contribution >= 4 is 24.2 Å². The van der Waals surface area contributed by atoms with Crippen LogP contribution in [0.25, 0.3) is 0 Å². The van der Waals surface area contributed by atoms with E-state index in [1.165, 1.54) is 0 Å². The van der Waals surface area contributed by atoms with Gasteiger partial charge in [0.2, 0.25) is 0 Å². The molecule has 0 atom stereocenters. The average molecular weight is 884 g/mol. The van der Waals surface area contributed by atoms with Crippen LogP contribution in [0.15, 0.2) is 72.8 Å². The predicted molar refractivity (Wildman–Crippen MR) is 222 cm³/mol. The molecule has 293 valence electrons. The van der Waals surface area contributed by atoms with Gasteiger partial charge in [-0.25, -0.2) is 0 Å². The largest absolute Gasteiger partial charge is 3.00 e. The third-order valence-corrected chi connectivity index (χ3v) is 13.9. The van der Waals surface area contributed by atoms with E-state index in [9.17, 15) is 20.2 Å². The first-order valence-corrected chi connectivity index (χ1v) is 20.2. The van der Waals surface area contributed by atoms with E-state index in [-0.39, 0.29) is 38.2 Å². The molecule has 3 aromatic carbocycles. The molecule has 3 aromatic rings. The van der Waals surface area contributed by atoms with Crippen LogP contribution in [0.5, 0.6) is 0 Å². The molecule has 0 saturated heterocycles. The molecule has 0 aliphatic carbocycles. The molecule has 3 rings (SSSR count). The molecule has 0 unspecified atom stereocenters. The zero-order valence-corrected chi connectivity index (χ0v) is 37.4. The van der Waals surface area contributed by atoms with Gasteiger partial charge in [0, 0.05) is 70.3 Å². The molecule has 52 heavy (non-hydrogen) atoms. The van der Waals surface area contributed by atoms with Crippen LogP contribution in [0.4, 0.5) is 17.1 Å². The SMILES string of the molecule is CC(C)(C)N([O-])c1ccccc1CN(Cc1ccccc1N([O-])C(C)(C)C)Cc1ccccc1N([O-])C(C)(C)C.CC(C)P(=O)(C(C)C)C(C)C.[Dy+3]. The summed E-state index contributed by atoms with van der Waals surface area (Å²) in [6, 6.07) is 22.9. The first-order valence-electron chi connectivity index (χ1n) is 18.3. The van der Waals surface area contributed by atoms with Gasteiger partial charge in [0.05, 0.1) is 7.14 Å². The second-order valence-electron chi connectivity index (χ2n) is 17.5. The molecule has 1 radical (unpaired) electrons. The maximum absolute atomic E-state index is 13.3. The molecular weight excluding hydrogens is 818 g/mol. The van der Waals surface area contributed by atoms with Gasteiger partial charge in [-0.05, 0) is 97.2 Å². The molecule has 10 heteroatoms. The quantitative estimate of drug-likeness (QED) is 0.131. The second kappa shape index (κ2) is 19.8. The fraction of sp³-hybridized carbons (Fsp3) is 0.571. The van der Waals surface area contributed by atoms with Crippen LogP contribution >= 0.6 is 7.14 Å². The minimum Gasteiger partial charge on any atom is -0.758 e. The Morgan fingerprint density at radius 1 is 0.481 bits per heavy atom. The van der Waals surface area contributed by atoms with E-state index in [1.54, 1.807) is 0 Å². The Morgan fingerprint density at radius 3 is 0.865 bits per heavy atom. The molecule has 0 aliphatic rings. The van der Waals surface area contributed by atoms with Crippen LogP contribution < -0.4 is 15.2 Å². The van der Waals surface area contributed by atoms with Crippen molar-refractivity contribution in [3.63, 3.8) is 0 Å². The Balaban J connectivity index is 0.000000973. The molecule has 0 aliphatic heterocycles. The van der Waals surface area contributed by atoms with Crippen molar-refractivity contribution in [1.82, 2.24) is 4.90 Å². The Kier molecular flexibility index (Phi) is 18.5. The zero-order valence-electron chi connectivity index (χ0n) is 34.5. The Hall–Kier alpha value is -1.60. The molecule has 8 nitrogen and oxygen atoms in total. The van der Waals surface area contributed by atoms with Gasteiger partial charge in [-0.3, -0.25) is 4.90 Å². The Labute approximate surface area is 346 Å². The summed E-state index contributed by atoms with van der Waals surface area (Å²) < 4.78 is 12.3. The smallest absolute Gasteiger partial charge is 0.758 e. The third kappa shape index (κ3) is 13.0. The van der Waals surface area contributed by atoms with Crippen molar-refractivity contribution in [2.24, 2.45) is 0 Å². The minimum atomic E-state index is -1.94. The van der Waals surface area contributed by atoms with Gasteiger partial charge < -0.3 is 35.4 Å². The van der Waals surface area contributed by atoms with E-state index in [1.807, 2.05) is 135 Å². The molecular formula is C42H66DyN4O4P. The summed E-state index contributed by atoms with van der Waals surface area (Å²) in [5.41, 5.74) is 3.67. The van der Waals surface area contributed by atoms with Crippen molar-refractivity contribution in [3.8, 4) is 0 Å². The maximum Gasteiger partial charge on any atom is 3.00 e. The summed E-state index contributed by atoms with van der Waals surface area (Å²) in [6.07, 6.45) is 0. The fourth-order valence-corrected chi connectivity index (χ4v) is 9.87. The summed E-state index contributed by atoms with van der Waals surface area (Å²) >= 11 is 0. The summed E-state index contributed by atoms with van der Waals surface area (Å²) in [6.45, 7) is 30.8. The van der Waals surface area contributed by atoms with Crippen molar-refractivity contribution in [1.29, 1.82) is 0 Å². The first kappa shape index (κ1) is 48.4. The number of anilines is 3. The monoisotopic (exact) mass is 885 g/mol. The van der Waals surface area contributed by atoms with Crippen molar-refractivity contribution in [3.05, 3.63) is 105 Å². The average Bonchev–Trinajstić information content (AvgIpc) is 3.02. The standard InChI is InChI=1S/C33H45N4O3.C9H21OP.Dy/c1-31(2,3)35(38)28-19-13-10-16-25(28)22-34(23-26-17-11-14-20-29(26)36(39)32(4,5)6)24-27-18-12-15-21-30(27)37(40)33(7,8)9;1-7(2)11(10,8(3)4)9(5)6;/h10-21H,22-24H2,1-9H3;7-9H,1-6H3;/q-3;;+3. The zero-order chi connectivity index (χ0) is 39.1. The number of para-hydroxylation sites is 3. The molecule has 0 heterocycles. The number of benzene rings is 3. The van der Waals surface area contributed by atoms with Gasteiger partial charge in [0.25, 0.3) is 0 Å². The van der Waals surface area contributed by atoms with Crippen LogP contribution in [-0.2, 0) is 24.2 Å². The van der Waals surface area contributed by atoms with Crippen LogP contribution in [0.1, 0.15) is 121 Å². The van der Waals surface area contributed by atoms with E-state index in [0.29, 0.717) is 53.7 Å². The van der Waals surface area contributed by atoms with E-state index in [0.717, 1.165) is 31.9 Å². The summed E-state index contributed by atoms with van der Waals surface area (Å²) in [4.78, 5) is 2.19. The summed E-state index contributed by atoms with van der Waals surface area (Å²) in [5, 5.41) is 43.1. The number of hydrogen-bond acceptors (Lipinski definition) is 8. The number of hydroxylamine groups is 3. The number of nitrogens with zero attached hydrogens (tertiary/aromatic N) is 4. The van der Waals surface area contributed by atoms with Crippen LogP contribution in [0.2, 0.25) is 0 Å². The topological polar surface area (TPSA) is 99.2 Å². The molecule has 0 saturated carbocycles. The minimum absolute atomic E-state index is 0. The Morgan fingerprint density at radius 2 is 0.692 bits per heavy atom. The first-order chi connectivity index (χ1) is 23.3. The van der Waals surface area contributed by atoms with Gasteiger partial charge in [-0.15, -0.1) is 0 Å². The molecule has 0 N–H and O–H groups in total. The number of hydrogen-bond donors (Lipinski definition) is 0. The van der Waals surface area contributed by atoms with Gasteiger partial charge in [-0.1, -0.05) is 96.1 Å². The molecule has 0 bridgehead atoms. The van der Waals surface area contributed by atoms with Gasteiger partial charge in [0.1, 0.15) is 0 Å². The second-order valence-corrected chi connectivity index (χ2v) is 22.1. The normalized spacial score (nSPS) is 12.5. The Bertz CT molecular complexity index is 1390. The summed E-state index contributed by atoms with van der Waals surface area (Å²) in [5.74, 6) is 0. The molecule has 0 amide bonds. The van der Waals surface area contributed by atoms with Gasteiger partial charge in [-0.2, -0.15) is 0 Å². The number of rotatable bonds is 12. The van der Waals surface area contributed by atoms with Crippen LogP contribution in [0.3, 0.4) is 0 Å². The van der Waals surface area contributed by atoms with Gasteiger partial charge in [0.15, 0.2) is 0 Å². The van der Waals surface area contributed by atoms with E-state index in [4.69, 9.17) is 0 Å². The van der Waals surface area contributed by atoms with Crippen molar-refractivity contribution < 1.29 is 42.7 Å². The molecule has 0 spiro atoms. The van der Waals surface area contributed by atoms with E-state index in [2.05, 4.69) is 46.4 Å². The fourth-order valence-electron chi connectivity index (χ4n) is 6.29. The van der Waals surface area contributed by atoms with Gasteiger partial charge >= 0.3 is 38.2 Å². The molecule has 0 fully saturated rings. The van der Waals surface area contributed by atoms with Crippen LogP contribution in [0, 0.1) is 53.8 Å². The van der Waals surface area contributed by atoms with E-state index < -0.39 is 23.8 Å². The van der Waals surface area contributed by atoms with E-state index >= 15 is 0 Å². The maximum atomic E-state index is 13.3. The van der Waals surface area contributed by atoms with Crippen molar-refractivity contribution in [2.75, 3.05) is 15.2 Å². The molecule has 0 aromatic heterocycles. The predicted octanol–water partition coefficient (Wildman–Crippen LogP) is 11.8. The van der Waals surface area contributed by atoms with Crippen molar-refractivity contribution in [2.45, 2.75) is 157 Å². The third-order valence-electron chi connectivity index (χ3n) is 9.06.